The fourth-order valence-electron chi connectivity index (χ4n) is 2.27. The van der Waals surface area contributed by atoms with Gasteiger partial charge >= 0.3 is 0 Å². The molecule has 2 aromatic carbocycles. The quantitative estimate of drug-likeness (QED) is 0.704. The smallest absolute Gasteiger partial charge is 0.195 e. The van der Waals surface area contributed by atoms with Gasteiger partial charge in [0, 0.05) is 18.7 Å². The first-order valence-electron chi connectivity index (χ1n) is 6.97. The Hall–Kier alpha value is -2.29. The lowest BCUT2D eigenvalue weighted by molar-refractivity contribution is 0.521. The summed E-state index contributed by atoms with van der Waals surface area (Å²) in [6.07, 6.45) is 1.86. The van der Waals surface area contributed by atoms with Gasteiger partial charge in [-0.1, -0.05) is 30.3 Å². The highest BCUT2D eigenvalue weighted by Gasteiger charge is 2.06. The summed E-state index contributed by atoms with van der Waals surface area (Å²) in [5.41, 5.74) is 4.17. The zero-order valence-corrected chi connectivity index (χ0v) is 11.6. The molecule has 3 nitrogen and oxygen atoms in total. The topological polar surface area (TPSA) is 38.1 Å². The number of para-hydroxylation sites is 2. The predicted octanol–water partition coefficient (Wildman–Crippen LogP) is 4.18. The molecule has 0 atom stereocenters. The van der Waals surface area contributed by atoms with Crippen molar-refractivity contribution in [2.45, 2.75) is 19.8 Å². The molecule has 0 unspecified atom stereocenters. The average Bonchev–Trinajstić information content (AvgIpc) is 2.89. The van der Waals surface area contributed by atoms with Crippen LogP contribution in [0.2, 0.25) is 0 Å². The van der Waals surface area contributed by atoms with Crippen molar-refractivity contribution in [1.82, 2.24) is 4.98 Å². The van der Waals surface area contributed by atoms with Gasteiger partial charge in [0.1, 0.15) is 5.52 Å². The summed E-state index contributed by atoms with van der Waals surface area (Å²) in [7, 11) is 0. The Morgan fingerprint density at radius 3 is 2.70 bits per heavy atom. The Labute approximate surface area is 118 Å². The van der Waals surface area contributed by atoms with E-state index in [0.717, 1.165) is 47.6 Å². The molecule has 0 saturated carbocycles. The number of benzene rings is 2. The Bertz CT molecular complexity index is 689. The third-order valence-electron chi connectivity index (χ3n) is 3.33. The van der Waals surface area contributed by atoms with E-state index in [9.17, 15) is 0 Å². The maximum Gasteiger partial charge on any atom is 0.195 e. The van der Waals surface area contributed by atoms with E-state index in [4.69, 9.17) is 4.42 Å². The van der Waals surface area contributed by atoms with E-state index in [1.54, 1.807) is 0 Å². The molecular formula is C17H18N2O. The van der Waals surface area contributed by atoms with Crippen LogP contribution in [0.1, 0.15) is 17.9 Å². The Morgan fingerprint density at radius 1 is 1.05 bits per heavy atom. The summed E-state index contributed by atoms with van der Waals surface area (Å²) in [5, 5.41) is 3.39. The van der Waals surface area contributed by atoms with Gasteiger partial charge in [-0.05, 0) is 37.1 Å². The van der Waals surface area contributed by atoms with Crippen LogP contribution in [-0.2, 0) is 6.42 Å². The number of aromatic nitrogens is 1. The fraction of sp³-hybridized carbons (Fsp3) is 0.235. The van der Waals surface area contributed by atoms with E-state index >= 15 is 0 Å². The molecule has 0 aliphatic carbocycles. The predicted molar refractivity (Wildman–Crippen MR) is 82.0 cm³/mol. The zero-order valence-electron chi connectivity index (χ0n) is 11.6. The molecule has 1 aromatic heterocycles. The summed E-state index contributed by atoms with van der Waals surface area (Å²) >= 11 is 0. The number of oxazole rings is 1. The SMILES string of the molecule is Cc1cccc2nc(CCCNc3ccccc3)oc12. The van der Waals surface area contributed by atoms with Crippen molar-refractivity contribution < 1.29 is 4.42 Å². The molecule has 20 heavy (non-hydrogen) atoms. The molecule has 0 aliphatic heterocycles. The van der Waals surface area contributed by atoms with Gasteiger partial charge < -0.3 is 9.73 Å². The molecule has 1 heterocycles. The minimum atomic E-state index is 0.823. The van der Waals surface area contributed by atoms with E-state index in [1.807, 2.05) is 43.3 Å². The van der Waals surface area contributed by atoms with Crippen molar-refractivity contribution in [1.29, 1.82) is 0 Å². The maximum absolute atomic E-state index is 5.81. The lowest BCUT2D eigenvalue weighted by Crippen LogP contribution is -2.02. The van der Waals surface area contributed by atoms with E-state index in [-0.39, 0.29) is 0 Å². The van der Waals surface area contributed by atoms with Crippen LogP contribution in [0.3, 0.4) is 0 Å². The van der Waals surface area contributed by atoms with Crippen LogP contribution < -0.4 is 5.32 Å². The Balaban J connectivity index is 1.56. The Morgan fingerprint density at radius 2 is 1.90 bits per heavy atom. The van der Waals surface area contributed by atoms with Gasteiger partial charge in [0.15, 0.2) is 11.5 Å². The minimum Gasteiger partial charge on any atom is -0.440 e. The number of nitrogens with one attached hydrogen (secondary N) is 1. The second-order valence-electron chi connectivity index (χ2n) is 4.93. The normalized spacial score (nSPS) is 10.8. The first-order valence-corrected chi connectivity index (χ1v) is 6.97. The van der Waals surface area contributed by atoms with Gasteiger partial charge in [-0.15, -0.1) is 0 Å². The molecule has 1 N–H and O–H groups in total. The summed E-state index contributed by atoms with van der Waals surface area (Å²) in [5.74, 6) is 0.823. The van der Waals surface area contributed by atoms with Crippen LogP contribution in [0.4, 0.5) is 5.69 Å². The number of aryl methyl sites for hydroxylation is 2. The van der Waals surface area contributed by atoms with Gasteiger partial charge in [0.05, 0.1) is 0 Å². The average molecular weight is 266 g/mol. The second-order valence-corrected chi connectivity index (χ2v) is 4.93. The van der Waals surface area contributed by atoms with Crippen LogP contribution in [0.5, 0.6) is 0 Å². The monoisotopic (exact) mass is 266 g/mol. The van der Waals surface area contributed by atoms with Crippen molar-refractivity contribution >= 4 is 16.8 Å². The highest BCUT2D eigenvalue weighted by Crippen LogP contribution is 2.19. The van der Waals surface area contributed by atoms with Crippen molar-refractivity contribution in [3.63, 3.8) is 0 Å². The molecule has 3 aromatic rings. The molecule has 3 rings (SSSR count). The molecule has 0 spiro atoms. The molecule has 0 amide bonds. The maximum atomic E-state index is 5.81. The van der Waals surface area contributed by atoms with E-state index in [1.165, 1.54) is 0 Å². The number of anilines is 1. The largest absolute Gasteiger partial charge is 0.440 e. The first-order chi connectivity index (χ1) is 9.83. The van der Waals surface area contributed by atoms with E-state index < -0.39 is 0 Å². The number of fused-ring (bicyclic) bond motifs is 1. The fourth-order valence-corrected chi connectivity index (χ4v) is 2.27. The number of hydrogen-bond acceptors (Lipinski definition) is 3. The number of nitrogens with zero attached hydrogens (tertiary/aromatic N) is 1. The summed E-state index contributed by atoms with van der Waals surface area (Å²) < 4.78 is 5.81. The molecule has 0 fully saturated rings. The minimum absolute atomic E-state index is 0.823. The first kappa shape index (κ1) is 12.7. The van der Waals surface area contributed by atoms with Gasteiger partial charge in [-0.25, -0.2) is 4.98 Å². The summed E-state index contributed by atoms with van der Waals surface area (Å²) in [6, 6.07) is 16.3. The van der Waals surface area contributed by atoms with Crippen molar-refractivity contribution in [3.8, 4) is 0 Å². The summed E-state index contributed by atoms with van der Waals surface area (Å²) in [4.78, 5) is 4.52. The van der Waals surface area contributed by atoms with Crippen molar-refractivity contribution in [2.75, 3.05) is 11.9 Å². The second kappa shape index (κ2) is 5.78. The van der Waals surface area contributed by atoms with Crippen LogP contribution in [0.15, 0.2) is 52.9 Å². The van der Waals surface area contributed by atoms with Crippen LogP contribution in [-0.4, -0.2) is 11.5 Å². The molecule has 0 radical (unpaired) electrons. The molecule has 102 valence electrons. The van der Waals surface area contributed by atoms with Gasteiger partial charge in [-0.3, -0.25) is 0 Å². The third-order valence-corrected chi connectivity index (χ3v) is 3.33. The van der Waals surface area contributed by atoms with Gasteiger partial charge in [0.2, 0.25) is 0 Å². The standard InChI is InChI=1S/C17H18N2O/c1-13-7-5-10-15-17(13)20-16(19-15)11-6-12-18-14-8-3-2-4-9-14/h2-5,7-10,18H,6,11-12H2,1H3. The zero-order chi connectivity index (χ0) is 13.8. The lowest BCUT2D eigenvalue weighted by atomic mass is 10.2. The van der Waals surface area contributed by atoms with E-state index in [2.05, 4.69) is 22.4 Å². The van der Waals surface area contributed by atoms with Gasteiger partial charge in [0.25, 0.3) is 0 Å². The van der Waals surface area contributed by atoms with E-state index in [0.29, 0.717) is 0 Å². The molecule has 3 heteroatoms. The number of rotatable bonds is 5. The molecular weight excluding hydrogens is 248 g/mol. The van der Waals surface area contributed by atoms with Crippen LogP contribution >= 0.6 is 0 Å². The highest BCUT2D eigenvalue weighted by atomic mass is 16.3. The summed E-state index contributed by atoms with van der Waals surface area (Å²) in [6.45, 7) is 2.97. The van der Waals surface area contributed by atoms with Crippen molar-refractivity contribution in [2.24, 2.45) is 0 Å². The highest BCUT2D eigenvalue weighted by molar-refractivity contribution is 5.75. The number of hydrogen-bond donors (Lipinski definition) is 1. The molecule has 0 saturated heterocycles. The molecule has 0 bridgehead atoms. The third kappa shape index (κ3) is 2.82. The lowest BCUT2D eigenvalue weighted by Gasteiger charge is -2.04. The van der Waals surface area contributed by atoms with Crippen molar-refractivity contribution in [3.05, 3.63) is 60.0 Å². The Kier molecular flexibility index (Phi) is 3.68. The van der Waals surface area contributed by atoms with Crippen LogP contribution in [0.25, 0.3) is 11.1 Å². The van der Waals surface area contributed by atoms with Gasteiger partial charge in [-0.2, -0.15) is 0 Å². The molecule has 0 aliphatic rings. The van der Waals surface area contributed by atoms with Crippen LogP contribution in [0, 0.1) is 6.92 Å².